The maximum Gasteiger partial charge on any atom is 0.233 e. The first-order chi connectivity index (χ1) is 17.0. The van der Waals surface area contributed by atoms with Crippen LogP contribution >= 0.6 is 0 Å². The largest absolute Gasteiger partial charge is 0.457 e. The van der Waals surface area contributed by atoms with Crippen LogP contribution in [0, 0.1) is 36.5 Å². The maximum absolute atomic E-state index is 13.1. The Morgan fingerprint density at radius 1 is 0.829 bits per heavy atom. The van der Waals surface area contributed by atoms with E-state index < -0.39 is 0 Å². The van der Waals surface area contributed by atoms with Crippen LogP contribution in [0.2, 0.25) is 0 Å². The van der Waals surface area contributed by atoms with E-state index in [9.17, 15) is 14.4 Å². The molecule has 6 nitrogen and oxygen atoms in total. The van der Waals surface area contributed by atoms with Gasteiger partial charge in [0.15, 0.2) is 0 Å². The molecule has 4 atom stereocenters. The maximum atomic E-state index is 13.1. The number of aryl methyl sites for hydroxylation is 1. The zero-order valence-electron chi connectivity index (χ0n) is 19.9. The Labute approximate surface area is 205 Å². The van der Waals surface area contributed by atoms with Crippen molar-refractivity contribution in [2.75, 3.05) is 5.32 Å². The van der Waals surface area contributed by atoms with E-state index in [-0.39, 0.29) is 53.4 Å². The molecule has 2 saturated carbocycles. The van der Waals surface area contributed by atoms with E-state index in [1.807, 2.05) is 55.5 Å². The molecule has 6 rings (SSSR count). The van der Waals surface area contributed by atoms with Crippen LogP contribution in [0.1, 0.15) is 37.7 Å². The number of amides is 3. The second-order valence-electron chi connectivity index (χ2n) is 10.5. The molecule has 0 radical (unpaired) electrons. The van der Waals surface area contributed by atoms with Crippen LogP contribution in [0.5, 0.6) is 11.5 Å². The minimum atomic E-state index is -0.142. The molecule has 0 spiro atoms. The van der Waals surface area contributed by atoms with Crippen LogP contribution in [0.3, 0.4) is 0 Å². The Morgan fingerprint density at radius 2 is 1.37 bits per heavy atom. The monoisotopic (exact) mass is 470 g/mol. The summed E-state index contributed by atoms with van der Waals surface area (Å²) < 4.78 is 5.86. The number of nitrogens with one attached hydrogen (secondary N) is 1. The summed E-state index contributed by atoms with van der Waals surface area (Å²) >= 11 is 0. The highest BCUT2D eigenvalue weighted by Gasteiger charge is 2.60. The van der Waals surface area contributed by atoms with E-state index in [0.717, 1.165) is 17.9 Å². The molecule has 3 amide bonds. The van der Waals surface area contributed by atoms with Crippen molar-refractivity contribution in [2.24, 2.45) is 29.6 Å². The number of likely N-dealkylation sites (tertiary alicyclic amines) is 1. The predicted molar refractivity (Wildman–Crippen MR) is 132 cm³/mol. The number of benzene rings is 2. The molecule has 6 heteroatoms. The highest BCUT2D eigenvalue weighted by molar-refractivity contribution is 6.06. The summed E-state index contributed by atoms with van der Waals surface area (Å²) in [6, 6.07) is 15.2. The zero-order chi connectivity index (χ0) is 24.1. The highest BCUT2D eigenvalue weighted by atomic mass is 16.5. The van der Waals surface area contributed by atoms with Gasteiger partial charge in [0.05, 0.1) is 11.8 Å². The first kappa shape index (κ1) is 22.1. The first-order valence-corrected chi connectivity index (χ1v) is 12.7. The summed E-state index contributed by atoms with van der Waals surface area (Å²) in [7, 11) is 0. The number of fused-ring (bicyclic) bond motifs is 5. The number of rotatable bonds is 5. The average Bonchev–Trinajstić information content (AvgIpc) is 3.55. The van der Waals surface area contributed by atoms with Crippen LogP contribution in [-0.4, -0.2) is 28.7 Å². The molecule has 35 heavy (non-hydrogen) atoms. The lowest BCUT2D eigenvalue weighted by molar-refractivity contribution is -0.144. The summed E-state index contributed by atoms with van der Waals surface area (Å²) in [5.74, 6) is 1.61. The molecular formula is C29H30N2O4. The Balaban J connectivity index is 1.02. The second-order valence-corrected chi connectivity index (χ2v) is 10.5. The Bertz CT molecular complexity index is 1150. The van der Waals surface area contributed by atoms with Crippen LogP contribution in [-0.2, 0) is 14.4 Å². The van der Waals surface area contributed by atoms with E-state index in [0.29, 0.717) is 31.4 Å². The van der Waals surface area contributed by atoms with E-state index in [2.05, 4.69) is 17.5 Å². The fraction of sp³-hybridized carbons (Fsp3) is 0.414. The van der Waals surface area contributed by atoms with Gasteiger partial charge in [-0.15, -0.1) is 0 Å². The number of nitrogens with zero attached hydrogens (tertiary/aromatic N) is 1. The third-order valence-corrected chi connectivity index (χ3v) is 8.32. The van der Waals surface area contributed by atoms with Gasteiger partial charge >= 0.3 is 0 Å². The molecule has 3 aliphatic carbocycles. The molecule has 2 bridgehead atoms. The normalized spacial score (nSPS) is 31.1. The van der Waals surface area contributed by atoms with Gasteiger partial charge in [0.25, 0.3) is 0 Å². The quantitative estimate of drug-likeness (QED) is 0.488. The number of anilines is 1. The molecule has 4 aliphatic rings. The lowest BCUT2D eigenvalue weighted by atomic mass is 9.84. The predicted octanol–water partition coefficient (Wildman–Crippen LogP) is 5.09. The number of hydrogen-bond donors (Lipinski definition) is 1. The number of ether oxygens (including phenoxy) is 1. The van der Waals surface area contributed by atoms with Crippen molar-refractivity contribution in [1.82, 2.24) is 4.90 Å². The zero-order valence-corrected chi connectivity index (χ0v) is 19.9. The van der Waals surface area contributed by atoms with Gasteiger partial charge in [0.1, 0.15) is 11.5 Å². The molecule has 0 aromatic heterocycles. The van der Waals surface area contributed by atoms with Crippen molar-refractivity contribution in [3.8, 4) is 11.5 Å². The van der Waals surface area contributed by atoms with Gasteiger partial charge in [-0.1, -0.05) is 29.8 Å². The molecule has 0 unspecified atom stereocenters. The molecule has 1 N–H and O–H groups in total. The minimum absolute atomic E-state index is 0.00570. The van der Waals surface area contributed by atoms with E-state index >= 15 is 0 Å². The lowest BCUT2D eigenvalue weighted by Gasteiger charge is -2.33. The fourth-order valence-electron chi connectivity index (χ4n) is 6.47. The Hall–Kier alpha value is -3.41. The number of imide groups is 1. The minimum Gasteiger partial charge on any atom is -0.457 e. The molecule has 2 aromatic carbocycles. The van der Waals surface area contributed by atoms with Gasteiger partial charge in [0, 0.05) is 17.6 Å². The number of allylic oxidation sites excluding steroid dienone is 2. The van der Waals surface area contributed by atoms with Crippen molar-refractivity contribution in [1.29, 1.82) is 0 Å². The Morgan fingerprint density at radius 3 is 1.94 bits per heavy atom. The number of carbonyl (C=O) groups is 3. The standard InChI is InChI=1S/C29H30N2O4/c1-17-2-12-23(13-3-17)35-24-14-8-21(9-15-24)30-27(32)18-6-10-22(11-7-18)31-28(33)25-19-4-5-20(16-19)26(25)29(31)34/h2-5,8-9,12-15,18-20,22,25-26H,6-7,10-11,16H2,1H3,(H,30,32)/t18?,19-,20-,22?,25-,26+/m0/s1. The molecule has 3 fully saturated rings. The van der Waals surface area contributed by atoms with Crippen molar-refractivity contribution in [2.45, 2.75) is 45.1 Å². The number of carbonyl (C=O) groups excluding carboxylic acids is 3. The molecule has 1 heterocycles. The SMILES string of the molecule is Cc1ccc(Oc2ccc(NC(=O)C3CCC(N4C(=O)[C@@H]5[C@H](C4=O)[C@H]4C=C[C@H]5C4)CC3)cc2)cc1. The molecule has 2 aromatic rings. The van der Waals surface area contributed by atoms with Crippen molar-refractivity contribution < 1.29 is 19.1 Å². The molecular weight excluding hydrogens is 440 g/mol. The van der Waals surface area contributed by atoms with Crippen molar-refractivity contribution in [3.05, 3.63) is 66.2 Å². The Kier molecular flexibility index (Phi) is 5.47. The van der Waals surface area contributed by atoms with Gasteiger partial charge in [-0.3, -0.25) is 19.3 Å². The van der Waals surface area contributed by atoms with Gasteiger partial charge in [-0.25, -0.2) is 0 Å². The second kappa shape index (κ2) is 8.67. The molecule has 180 valence electrons. The third kappa shape index (κ3) is 3.95. The summed E-state index contributed by atoms with van der Waals surface area (Å²) in [5.41, 5.74) is 1.91. The summed E-state index contributed by atoms with van der Waals surface area (Å²) in [5, 5.41) is 3.01. The number of hydrogen-bond acceptors (Lipinski definition) is 4. The van der Waals surface area contributed by atoms with Gasteiger partial charge < -0.3 is 10.1 Å². The molecule has 1 saturated heterocycles. The summed E-state index contributed by atoms with van der Waals surface area (Å²) in [4.78, 5) is 40.6. The van der Waals surface area contributed by atoms with Crippen LogP contribution in [0.15, 0.2) is 60.7 Å². The average molecular weight is 471 g/mol. The fourth-order valence-corrected chi connectivity index (χ4v) is 6.47. The summed E-state index contributed by atoms with van der Waals surface area (Å²) in [6.07, 6.45) is 7.96. The van der Waals surface area contributed by atoms with Crippen molar-refractivity contribution in [3.63, 3.8) is 0 Å². The van der Waals surface area contributed by atoms with Gasteiger partial charge in [-0.05, 0) is 87.3 Å². The van der Waals surface area contributed by atoms with E-state index in [1.54, 1.807) is 4.90 Å². The summed E-state index contributed by atoms with van der Waals surface area (Å²) in [6.45, 7) is 2.03. The van der Waals surface area contributed by atoms with Crippen LogP contribution in [0.25, 0.3) is 0 Å². The lowest BCUT2D eigenvalue weighted by Crippen LogP contribution is -2.44. The smallest absolute Gasteiger partial charge is 0.233 e. The first-order valence-electron chi connectivity index (χ1n) is 12.7. The highest BCUT2D eigenvalue weighted by Crippen LogP contribution is 2.53. The molecule has 1 aliphatic heterocycles. The van der Waals surface area contributed by atoms with E-state index in [1.165, 1.54) is 5.56 Å². The van der Waals surface area contributed by atoms with Gasteiger partial charge in [-0.2, -0.15) is 0 Å². The van der Waals surface area contributed by atoms with Crippen LogP contribution < -0.4 is 10.1 Å². The van der Waals surface area contributed by atoms with Crippen LogP contribution in [0.4, 0.5) is 5.69 Å². The topological polar surface area (TPSA) is 75.7 Å². The van der Waals surface area contributed by atoms with Crippen molar-refractivity contribution >= 4 is 23.4 Å². The van der Waals surface area contributed by atoms with Gasteiger partial charge in [0.2, 0.25) is 17.7 Å². The van der Waals surface area contributed by atoms with E-state index in [4.69, 9.17) is 4.74 Å². The third-order valence-electron chi connectivity index (χ3n) is 8.32.